The van der Waals surface area contributed by atoms with Crippen LogP contribution in [0.4, 0.5) is 5.69 Å². The van der Waals surface area contributed by atoms with Crippen molar-refractivity contribution in [1.82, 2.24) is 9.97 Å². The molecule has 0 bridgehead atoms. The Labute approximate surface area is 137 Å². The van der Waals surface area contributed by atoms with Gasteiger partial charge in [-0.3, -0.25) is 4.79 Å². The number of aromatic nitrogens is 2. The molecular weight excluding hydrogens is 308 g/mol. The molecule has 0 aliphatic carbocycles. The molecule has 0 unspecified atom stereocenters. The Bertz CT molecular complexity index is 951. The zero-order valence-corrected chi connectivity index (χ0v) is 13.8. The van der Waals surface area contributed by atoms with Crippen molar-refractivity contribution in [2.45, 2.75) is 20.8 Å². The molecule has 1 N–H and O–H groups in total. The Morgan fingerprint density at radius 2 is 1.87 bits per heavy atom. The number of nitrogens with one attached hydrogen (secondary N) is 1. The van der Waals surface area contributed by atoms with Crippen LogP contribution in [0.2, 0.25) is 0 Å². The van der Waals surface area contributed by atoms with Crippen LogP contribution >= 0.6 is 11.3 Å². The predicted molar refractivity (Wildman–Crippen MR) is 90.7 cm³/mol. The van der Waals surface area contributed by atoms with Gasteiger partial charge in [-0.1, -0.05) is 0 Å². The molecule has 1 aromatic carbocycles. The zero-order valence-electron chi connectivity index (χ0n) is 13.0. The summed E-state index contributed by atoms with van der Waals surface area (Å²) in [4.78, 5) is 22.8. The number of thiophene rings is 1. The van der Waals surface area contributed by atoms with E-state index in [2.05, 4.69) is 21.4 Å². The van der Waals surface area contributed by atoms with Crippen LogP contribution in [0.1, 0.15) is 32.3 Å². The number of carbonyl (C=O) groups is 1. The summed E-state index contributed by atoms with van der Waals surface area (Å²) in [6.45, 7) is 5.69. The number of anilines is 1. The van der Waals surface area contributed by atoms with Gasteiger partial charge in [-0.05, 0) is 50.6 Å². The fourth-order valence-electron chi connectivity index (χ4n) is 2.51. The second-order valence-electron chi connectivity index (χ2n) is 5.24. The Balaban J connectivity index is 1.96. The summed E-state index contributed by atoms with van der Waals surface area (Å²) >= 11 is 1.37. The van der Waals surface area contributed by atoms with Gasteiger partial charge in [-0.25, -0.2) is 9.97 Å². The minimum atomic E-state index is -0.174. The number of nitriles is 1. The second-order valence-corrected chi connectivity index (χ2v) is 6.23. The molecular formula is C17H14N4OS. The monoisotopic (exact) mass is 322 g/mol. The standard InChI is InChI=1S/C17H14N4OS/c1-9-14-10(2)19-11(3)20-17(14)23-15(9)16(22)21-13-6-4-12(8-18)5-7-13/h4-7H,1-3H3,(H,21,22). The maximum absolute atomic E-state index is 12.5. The quantitative estimate of drug-likeness (QED) is 0.779. The third-order valence-electron chi connectivity index (χ3n) is 3.56. The molecule has 0 saturated carbocycles. The van der Waals surface area contributed by atoms with Gasteiger partial charge in [0.2, 0.25) is 0 Å². The van der Waals surface area contributed by atoms with Crippen molar-refractivity contribution in [3.8, 4) is 6.07 Å². The highest BCUT2D eigenvalue weighted by molar-refractivity contribution is 7.20. The first kappa shape index (κ1) is 15.1. The molecule has 5 nitrogen and oxygen atoms in total. The topological polar surface area (TPSA) is 78.7 Å². The molecule has 6 heteroatoms. The van der Waals surface area contributed by atoms with E-state index < -0.39 is 0 Å². The van der Waals surface area contributed by atoms with Crippen LogP contribution in [0.25, 0.3) is 10.2 Å². The van der Waals surface area contributed by atoms with Crippen molar-refractivity contribution in [3.63, 3.8) is 0 Å². The minimum absolute atomic E-state index is 0.174. The van der Waals surface area contributed by atoms with E-state index in [1.165, 1.54) is 11.3 Å². The molecule has 0 fully saturated rings. The summed E-state index contributed by atoms with van der Waals surface area (Å²) in [5.41, 5.74) is 3.00. The van der Waals surface area contributed by atoms with Gasteiger partial charge < -0.3 is 5.32 Å². The zero-order chi connectivity index (χ0) is 16.6. The van der Waals surface area contributed by atoms with Crippen molar-refractivity contribution in [2.24, 2.45) is 0 Å². The first-order chi connectivity index (χ1) is 11.0. The molecule has 2 aromatic heterocycles. The average molecular weight is 322 g/mol. The lowest BCUT2D eigenvalue weighted by Crippen LogP contribution is -2.11. The predicted octanol–water partition coefficient (Wildman–Crippen LogP) is 3.74. The maximum Gasteiger partial charge on any atom is 0.266 e. The molecule has 0 aliphatic heterocycles. The van der Waals surface area contributed by atoms with E-state index in [4.69, 9.17) is 5.26 Å². The third kappa shape index (κ3) is 2.79. The molecule has 3 aromatic rings. The molecule has 3 rings (SSSR count). The van der Waals surface area contributed by atoms with Crippen LogP contribution in [0.5, 0.6) is 0 Å². The molecule has 0 radical (unpaired) electrons. The second kappa shape index (κ2) is 5.78. The number of aryl methyl sites for hydroxylation is 3. The van der Waals surface area contributed by atoms with Gasteiger partial charge in [0.15, 0.2) is 0 Å². The van der Waals surface area contributed by atoms with Crippen molar-refractivity contribution in [2.75, 3.05) is 5.32 Å². The number of amides is 1. The summed E-state index contributed by atoms with van der Waals surface area (Å²) in [5.74, 6) is 0.530. The molecule has 23 heavy (non-hydrogen) atoms. The highest BCUT2D eigenvalue weighted by Crippen LogP contribution is 2.31. The Hall–Kier alpha value is -2.78. The lowest BCUT2D eigenvalue weighted by molar-refractivity contribution is 0.103. The van der Waals surface area contributed by atoms with Gasteiger partial charge >= 0.3 is 0 Å². The SMILES string of the molecule is Cc1nc(C)c2c(C)c(C(=O)Nc3ccc(C#N)cc3)sc2n1. The molecule has 0 spiro atoms. The summed E-state index contributed by atoms with van der Waals surface area (Å²) < 4.78 is 0. The molecule has 0 saturated heterocycles. The van der Waals surface area contributed by atoms with E-state index in [-0.39, 0.29) is 5.91 Å². The lowest BCUT2D eigenvalue weighted by atomic mass is 10.1. The normalized spacial score (nSPS) is 10.5. The van der Waals surface area contributed by atoms with E-state index in [0.29, 0.717) is 22.0 Å². The van der Waals surface area contributed by atoms with Crippen LogP contribution in [0.3, 0.4) is 0 Å². The number of carbonyl (C=O) groups excluding carboxylic acids is 1. The summed E-state index contributed by atoms with van der Waals surface area (Å²) in [5, 5.41) is 12.6. The molecule has 114 valence electrons. The fourth-order valence-corrected chi connectivity index (χ4v) is 3.68. The van der Waals surface area contributed by atoms with Gasteiger partial charge in [-0.2, -0.15) is 5.26 Å². The van der Waals surface area contributed by atoms with Crippen molar-refractivity contribution >= 4 is 33.1 Å². The third-order valence-corrected chi connectivity index (χ3v) is 4.75. The summed E-state index contributed by atoms with van der Waals surface area (Å²) in [6, 6.07) is 8.83. The maximum atomic E-state index is 12.5. The first-order valence-electron chi connectivity index (χ1n) is 7.05. The summed E-state index contributed by atoms with van der Waals surface area (Å²) in [7, 11) is 0. The van der Waals surface area contributed by atoms with Gasteiger partial charge in [0.25, 0.3) is 5.91 Å². The van der Waals surface area contributed by atoms with Gasteiger partial charge in [0.05, 0.1) is 16.5 Å². The Morgan fingerprint density at radius 3 is 2.52 bits per heavy atom. The Kier molecular flexibility index (Phi) is 3.80. The van der Waals surface area contributed by atoms with E-state index in [1.54, 1.807) is 24.3 Å². The number of benzene rings is 1. The number of rotatable bonds is 2. The highest BCUT2D eigenvalue weighted by atomic mass is 32.1. The van der Waals surface area contributed by atoms with E-state index in [0.717, 1.165) is 21.5 Å². The number of nitrogens with zero attached hydrogens (tertiary/aromatic N) is 3. The minimum Gasteiger partial charge on any atom is -0.321 e. The number of hydrogen-bond donors (Lipinski definition) is 1. The number of hydrogen-bond acceptors (Lipinski definition) is 5. The molecule has 0 aliphatic rings. The summed E-state index contributed by atoms with van der Waals surface area (Å²) in [6.07, 6.45) is 0. The van der Waals surface area contributed by atoms with Crippen LogP contribution < -0.4 is 5.32 Å². The number of fused-ring (bicyclic) bond motifs is 1. The van der Waals surface area contributed by atoms with Crippen molar-refractivity contribution in [1.29, 1.82) is 5.26 Å². The largest absolute Gasteiger partial charge is 0.321 e. The van der Waals surface area contributed by atoms with Crippen molar-refractivity contribution in [3.05, 3.63) is 51.8 Å². The Morgan fingerprint density at radius 1 is 1.17 bits per heavy atom. The van der Waals surface area contributed by atoms with E-state index in [9.17, 15) is 4.79 Å². The van der Waals surface area contributed by atoms with Crippen LogP contribution in [0.15, 0.2) is 24.3 Å². The highest BCUT2D eigenvalue weighted by Gasteiger charge is 2.18. The van der Waals surface area contributed by atoms with Crippen molar-refractivity contribution < 1.29 is 4.79 Å². The smallest absolute Gasteiger partial charge is 0.266 e. The first-order valence-corrected chi connectivity index (χ1v) is 7.87. The van der Waals surface area contributed by atoms with Gasteiger partial charge in [-0.15, -0.1) is 11.3 Å². The fraction of sp³-hybridized carbons (Fsp3) is 0.176. The molecule has 1 amide bonds. The van der Waals surface area contributed by atoms with Gasteiger partial charge in [0, 0.05) is 16.8 Å². The van der Waals surface area contributed by atoms with Gasteiger partial charge in [0.1, 0.15) is 10.7 Å². The van der Waals surface area contributed by atoms with Crippen LogP contribution in [-0.2, 0) is 0 Å². The van der Waals surface area contributed by atoms with Crippen LogP contribution in [0, 0.1) is 32.1 Å². The van der Waals surface area contributed by atoms with E-state index in [1.807, 2.05) is 20.8 Å². The molecule has 0 atom stereocenters. The van der Waals surface area contributed by atoms with Crippen LogP contribution in [-0.4, -0.2) is 15.9 Å². The lowest BCUT2D eigenvalue weighted by Gasteiger charge is -2.04. The van der Waals surface area contributed by atoms with E-state index >= 15 is 0 Å². The molecule has 2 heterocycles. The average Bonchev–Trinajstić information content (AvgIpc) is 2.85.